The predicted octanol–water partition coefficient (Wildman–Crippen LogP) is 1.25. The third-order valence-corrected chi connectivity index (χ3v) is 1.12. The molecule has 0 aromatic rings. The number of nitrogens with zero attached hydrogens (tertiary/aromatic N) is 1. The molecule has 52 valence electrons. The van der Waals surface area contributed by atoms with Crippen molar-refractivity contribution >= 4 is 17.4 Å². The average molecular weight is 145 g/mol. The largest absolute Gasteiger partial charge is 0.396 e. The van der Waals surface area contributed by atoms with Crippen LogP contribution in [0, 0.1) is 0 Å². The van der Waals surface area contributed by atoms with E-state index in [1.165, 1.54) is 0 Å². The van der Waals surface area contributed by atoms with E-state index in [1.807, 2.05) is 0 Å². The maximum atomic E-state index is 8.36. The molecule has 0 saturated heterocycles. The van der Waals surface area contributed by atoms with Crippen molar-refractivity contribution in [3.05, 3.63) is 0 Å². The summed E-state index contributed by atoms with van der Waals surface area (Å²) >= 11 is 4.36. The molecule has 0 bridgehead atoms. The number of aliphatic hydroxyl groups excluding tert-OH is 1. The molecule has 0 aliphatic heterocycles. The number of unbranched alkanes of at least 4 members (excludes halogenated alkanes) is 2. The van der Waals surface area contributed by atoms with Gasteiger partial charge in [-0.3, -0.25) is 0 Å². The molecule has 0 radical (unpaired) electrons. The smallest absolute Gasteiger partial charge is 0.0584 e. The Balaban J connectivity index is 2.82. The van der Waals surface area contributed by atoms with E-state index < -0.39 is 0 Å². The average Bonchev–Trinajstić information content (AvgIpc) is 1.89. The summed E-state index contributed by atoms with van der Waals surface area (Å²) in [6.45, 7) is 1.03. The molecule has 0 spiro atoms. The minimum atomic E-state index is 0.279. The van der Waals surface area contributed by atoms with Crippen LogP contribution in [0.1, 0.15) is 19.3 Å². The first kappa shape index (κ1) is 8.76. The topological polar surface area (TPSA) is 32.6 Å². The normalized spacial score (nSPS) is 8.56. The van der Waals surface area contributed by atoms with Gasteiger partial charge in [0.15, 0.2) is 0 Å². The molecule has 0 atom stereocenters. The lowest BCUT2D eigenvalue weighted by Gasteiger charge is -1.90. The van der Waals surface area contributed by atoms with Gasteiger partial charge in [-0.05, 0) is 31.5 Å². The van der Waals surface area contributed by atoms with Gasteiger partial charge in [0.25, 0.3) is 0 Å². The van der Waals surface area contributed by atoms with Crippen molar-refractivity contribution < 1.29 is 5.11 Å². The summed E-state index contributed by atoms with van der Waals surface area (Å²) < 4.78 is 0. The van der Waals surface area contributed by atoms with E-state index in [-0.39, 0.29) is 6.61 Å². The maximum absolute atomic E-state index is 8.36. The van der Waals surface area contributed by atoms with E-state index in [2.05, 4.69) is 22.4 Å². The number of aliphatic hydroxyl groups is 1. The molecule has 1 N–H and O–H groups in total. The monoisotopic (exact) mass is 145 g/mol. The Kier molecular flexibility index (Phi) is 7.55. The highest BCUT2D eigenvalue weighted by Gasteiger charge is 1.83. The molecular weight excluding hydrogens is 134 g/mol. The van der Waals surface area contributed by atoms with Gasteiger partial charge in [-0.15, -0.1) is 0 Å². The predicted molar refractivity (Wildman–Crippen MR) is 40.8 cm³/mol. The Morgan fingerprint density at radius 3 is 2.67 bits per heavy atom. The quantitative estimate of drug-likeness (QED) is 0.359. The minimum absolute atomic E-state index is 0.279. The van der Waals surface area contributed by atoms with Gasteiger partial charge in [0, 0.05) is 13.2 Å². The fourth-order valence-corrected chi connectivity index (χ4v) is 0.616. The summed E-state index contributed by atoms with van der Waals surface area (Å²) in [5, 5.41) is 10.6. The summed E-state index contributed by atoms with van der Waals surface area (Å²) in [5.41, 5.74) is 0. The highest BCUT2D eigenvalue weighted by Crippen LogP contribution is 1.92. The zero-order valence-corrected chi connectivity index (χ0v) is 6.15. The van der Waals surface area contributed by atoms with Gasteiger partial charge in [-0.1, -0.05) is 0 Å². The number of aliphatic imine (C=N–C) groups is 1. The molecule has 0 aliphatic carbocycles. The van der Waals surface area contributed by atoms with Crippen molar-refractivity contribution in [1.29, 1.82) is 0 Å². The molecule has 2 nitrogen and oxygen atoms in total. The molecule has 0 saturated carbocycles. The third kappa shape index (κ3) is 7.76. The van der Waals surface area contributed by atoms with Crippen LogP contribution >= 0.6 is 12.2 Å². The van der Waals surface area contributed by atoms with Crippen LogP contribution in [-0.4, -0.2) is 23.4 Å². The van der Waals surface area contributed by atoms with Crippen molar-refractivity contribution in [2.24, 2.45) is 4.99 Å². The summed E-state index contributed by atoms with van der Waals surface area (Å²) in [6.07, 6.45) is 2.90. The first-order chi connectivity index (χ1) is 4.41. The van der Waals surface area contributed by atoms with Crippen molar-refractivity contribution in [2.75, 3.05) is 13.2 Å². The zero-order chi connectivity index (χ0) is 6.95. The summed E-state index contributed by atoms with van der Waals surface area (Å²) in [6, 6.07) is 0. The second-order valence-electron chi connectivity index (χ2n) is 1.76. The summed E-state index contributed by atoms with van der Waals surface area (Å²) in [5.74, 6) is 0. The lowest BCUT2D eigenvalue weighted by molar-refractivity contribution is 0.283. The highest BCUT2D eigenvalue weighted by atomic mass is 32.1. The molecule has 0 fully saturated rings. The molecular formula is C6H11NOS. The molecule has 0 heterocycles. The van der Waals surface area contributed by atoms with Gasteiger partial charge in [0.05, 0.1) is 5.16 Å². The van der Waals surface area contributed by atoms with E-state index in [9.17, 15) is 0 Å². The lowest BCUT2D eigenvalue weighted by atomic mass is 10.2. The van der Waals surface area contributed by atoms with Gasteiger partial charge in [-0.2, -0.15) is 0 Å². The van der Waals surface area contributed by atoms with E-state index in [4.69, 9.17) is 5.11 Å². The first-order valence-corrected chi connectivity index (χ1v) is 3.47. The molecule has 0 amide bonds. The second kappa shape index (κ2) is 7.76. The van der Waals surface area contributed by atoms with E-state index >= 15 is 0 Å². The molecule has 0 aromatic carbocycles. The van der Waals surface area contributed by atoms with Gasteiger partial charge < -0.3 is 5.11 Å². The van der Waals surface area contributed by atoms with Crippen molar-refractivity contribution in [3.8, 4) is 0 Å². The van der Waals surface area contributed by atoms with Crippen LogP contribution in [0.25, 0.3) is 0 Å². The van der Waals surface area contributed by atoms with E-state index in [1.54, 1.807) is 0 Å². The van der Waals surface area contributed by atoms with Crippen LogP contribution in [0.4, 0.5) is 0 Å². The van der Waals surface area contributed by atoms with Crippen molar-refractivity contribution in [3.63, 3.8) is 0 Å². The van der Waals surface area contributed by atoms with Crippen molar-refractivity contribution in [1.82, 2.24) is 0 Å². The lowest BCUT2D eigenvalue weighted by Crippen LogP contribution is -1.84. The standard InChI is InChI=1S/C6H11NOS/c8-5-3-1-2-4-7-6-9/h8H,1-5H2. The zero-order valence-electron chi connectivity index (χ0n) is 5.34. The first-order valence-electron chi connectivity index (χ1n) is 3.06. The van der Waals surface area contributed by atoms with Crippen LogP contribution in [-0.2, 0) is 0 Å². The third-order valence-electron chi connectivity index (χ3n) is 0.993. The maximum Gasteiger partial charge on any atom is 0.0584 e. The van der Waals surface area contributed by atoms with Crippen LogP contribution in [0.2, 0.25) is 0 Å². The fraction of sp³-hybridized carbons (Fsp3) is 0.833. The Morgan fingerprint density at radius 1 is 1.33 bits per heavy atom. The molecule has 0 rings (SSSR count). The SMILES string of the molecule is OCCCCCN=C=S. The van der Waals surface area contributed by atoms with E-state index in [0.717, 1.165) is 25.8 Å². The van der Waals surface area contributed by atoms with Crippen LogP contribution in [0.15, 0.2) is 4.99 Å². The molecule has 9 heavy (non-hydrogen) atoms. The van der Waals surface area contributed by atoms with Crippen LogP contribution in [0.5, 0.6) is 0 Å². The number of hydrogen-bond donors (Lipinski definition) is 1. The van der Waals surface area contributed by atoms with Gasteiger partial charge in [-0.25, -0.2) is 4.99 Å². The molecule has 3 heteroatoms. The van der Waals surface area contributed by atoms with Gasteiger partial charge >= 0.3 is 0 Å². The van der Waals surface area contributed by atoms with Crippen LogP contribution in [0.3, 0.4) is 0 Å². The van der Waals surface area contributed by atoms with Gasteiger partial charge in [0.1, 0.15) is 0 Å². The second-order valence-corrected chi connectivity index (χ2v) is 1.94. The number of hydrogen-bond acceptors (Lipinski definition) is 3. The Labute approximate surface area is 60.6 Å². The number of isothiocyanates is 1. The molecule has 0 aliphatic rings. The number of thiocarbonyl (C=S) groups is 1. The Bertz CT molecular complexity index is 99.2. The summed E-state index contributed by atoms with van der Waals surface area (Å²) in [4.78, 5) is 3.73. The van der Waals surface area contributed by atoms with E-state index in [0.29, 0.717) is 0 Å². The Hall–Kier alpha value is -0.240. The van der Waals surface area contributed by atoms with Crippen LogP contribution < -0.4 is 0 Å². The molecule has 0 aromatic heterocycles. The Morgan fingerprint density at radius 2 is 2.11 bits per heavy atom. The van der Waals surface area contributed by atoms with Crippen molar-refractivity contribution in [2.45, 2.75) is 19.3 Å². The highest BCUT2D eigenvalue weighted by molar-refractivity contribution is 7.78. The van der Waals surface area contributed by atoms with Gasteiger partial charge in [0.2, 0.25) is 0 Å². The minimum Gasteiger partial charge on any atom is -0.396 e. The fourth-order valence-electron chi connectivity index (χ4n) is 0.525. The number of rotatable bonds is 5. The summed E-state index contributed by atoms with van der Waals surface area (Å²) in [7, 11) is 0. The molecule has 0 unspecified atom stereocenters.